The van der Waals surface area contributed by atoms with Crippen molar-refractivity contribution in [3.8, 4) is 0 Å². The normalized spacial score (nSPS) is 15.1. The molecule has 60 heavy (non-hydrogen) atoms. The van der Waals surface area contributed by atoms with Crippen molar-refractivity contribution >= 4 is 27.6 Å². The third-order valence-electron chi connectivity index (χ3n) is 9.16. The van der Waals surface area contributed by atoms with Gasteiger partial charge >= 0.3 is 27.6 Å². The van der Waals surface area contributed by atoms with Gasteiger partial charge in [0.1, 0.15) is 12.7 Å². The smallest absolute Gasteiger partial charge is 0.462 e. The van der Waals surface area contributed by atoms with Crippen LogP contribution < -0.4 is 0 Å². The fourth-order valence-electron chi connectivity index (χ4n) is 5.78. The van der Waals surface area contributed by atoms with Gasteiger partial charge < -0.3 is 34.4 Å². The maximum atomic E-state index is 12.6. The van der Waals surface area contributed by atoms with Gasteiger partial charge in [-0.05, 0) is 70.6 Å². The van der Waals surface area contributed by atoms with Crippen molar-refractivity contribution in [2.24, 2.45) is 5.92 Å². The van der Waals surface area contributed by atoms with Gasteiger partial charge in [0.2, 0.25) is 0 Å². The average molecular weight is 895 g/mol. The van der Waals surface area contributed by atoms with E-state index in [1.165, 1.54) is 57.8 Å². The first-order chi connectivity index (χ1) is 28.6. The molecule has 0 bridgehead atoms. The fourth-order valence-corrected chi connectivity index (χ4v) is 6.93. The molecule has 0 radical (unpaired) electrons. The molecule has 1 unspecified atom stereocenters. The Hall–Kier alpha value is -1.96. The molecular formula is C44H80O14P2. The predicted octanol–water partition coefficient (Wildman–Crippen LogP) is 10.3. The lowest BCUT2D eigenvalue weighted by Crippen LogP contribution is -2.29. The quantitative estimate of drug-likeness (QED) is 0.0167. The van der Waals surface area contributed by atoms with E-state index in [9.17, 15) is 33.8 Å². The minimum absolute atomic E-state index is 0.0436. The minimum atomic E-state index is -4.87. The SMILES string of the molecule is CC(C)CCCCCCCCCCCCCCC(=O)OC[C@H](COP(=O)(O)OC[C@@H](O)COP(=O)(O)O)OC(=O)CCC/C=C\C/C=C\C/C=C\C/C=C\CCC[C@H](C)O. The number of allylic oxidation sites excluding steroid dienone is 8. The molecule has 0 amide bonds. The zero-order valence-electron chi connectivity index (χ0n) is 36.8. The van der Waals surface area contributed by atoms with E-state index in [1.54, 1.807) is 6.92 Å². The standard InChI is InChI=1S/C44H80O14P2/c1-39(2)31-27-23-19-15-11-9-10-13-17-21-25-29-33-43(47)54-37-42(38-57-60(52,53)56-36-41(46)35-55-59(49,50)51)58-44(48)34-30-26-22-18-14-8-6-4-5-7-12-16-20-24-28-32-40(3)45/h5-8,16,18,20,22,39-42,45-46H,4,9-15,17,19,21,23-38H2,1-3H3,(H,52,53)(H2,49,50,51)/b7-5-,8-6-,20-16-,22-18-/t40-,41-,42+/m0/s1. The lowest BCUT2D eigenvalue weighted by Gasteiger charge is -2.20. The topological polar surface area (TPSA) is 216 Å². The van der Waals surface area contributed by atoms with E-state index in [-0.39, 0.29) is 18.9 Å². The minimum Gasteiger partial charge on any atom is -0.462 e. The molecule has 4 atom stereocenters. The number of aliphatic hydroxyl groups is 2. The molecule has 0 aromatic rings. The second kappa shape index (κ2) is 38.7. The number of unbranched alkanes of at least 4 members (excludes halogenated alkanes) is 13. The van der Waals surface area contributed by atoms with Crippen LogP contribution in [0.5, 0.6) is 0 Å². The highest BCUT2D eigenvalue weighted by molar-refractivity contribution is 7.47. The van der Waals surface area contributed by atoms with Crippen molar-refractivity contribution in [2.75, 3.05) is 26.4 Å². The summed E-state index contributed by atoms with van der Waals surface area (Å²) in [6, 6.07) is 0. The number of hydrogen-bond donors (Lipinski definition) is 5. The molecule has 0 aromatic heterocycles. The number of hydrogen-bond acceptors (Lipinski definition) is 11. The van der Waals surface area contributed by atoms with E-state index in [0.717, 1.165) is 63.7 Å². The third-order valence-corrected chi connectivity index (χ3v) is 10.6. The number of ether oxygens (including phenoxy) is 2. The highest BCUT2D eigenvalue weighted by Crippen LogP contribution is 2.43. The van der Waals surface area contributed by atoms with E-state index >= 15 is 0 Å². The van der Waals surface area contributed by atoms with Crippen LogP contribution in [0.3, 0.4) is 0 Å². The van der Waals surface area contributed by atoms with E-state index in [1.807, 2.05) is 12.2 Å². The van der Waals surface area contributed by atoms with E-state index in [0.29, 0.717) is 19.3 Å². The van der Waals surface area contributed by atoms with Crippen LogP contribution in [-0.4, -0.2) is 81.6 Å². The summed E-state index contributed by atoms with van der Waals surface area (Å²) in [5.74, 6) is -0.322. The van der Waals surface area contributed by atoms with Crippen LogP contribution in [0.1, 0.15) is 168 Å². The monoisotopic (exact) mass is 895 g/mol. The molecule has 350 valence electrons. The van der Waals surface area contributed by atoms with Crippen LogP contribution in [-0.2, 0) is 41.8 Å². The van der Waals surface area contributed by atoms with Crippen LogP contribution in [0.4, 0.5) is 0 Å². The van der Waals surface area contributed by atoms with Crippen LogP contribution in [0, 0.1) is 5.92 Å². The van der Waals surface area contributed by atoms with Crippen molar-refractivity contribution in [1.82, 2.24) is 0 Å². The Labute approximate surface area is 361 Å². The summed E-state index contributed by atoms with van der Waals surface area (Å²) in [6.45, 7) is 3.56. The summed E-state index contributed by atoms with van der Waals surface area (Å²) in [5.41, 5.74) is 0. The highest BCUT2D eigenvalue weighted by Gasteiger charge is 2.28. The molecular weight excluding hydrogens is 814 g/mol. The number of carbonyl (C=O) groups excluding carboxylic acids is 2. The third kappa shape index (κ3) is 44.1. The summed E-state index contributed by atoms with van der Waals surface area (Å²) in [5, 5.41) is 19.0. The molecule has 14 nitrogen and oxygen atoms in total. The number of carbonyl (C=O) groups is 2. The molecule has 0 saturated carbocycles. The predicted molar refractivity (Wildman–Crippen MR) is 236 cm³/mol. The first-order valence-electron chi connectivity index (χ1n) is 22.2. The van der Waals surface area contributed by atoms with Gasteiger partial charge in [0.15, 0.2) is 6.10 Å². The van der Waals surface area contributed by atoms with Crippen LogP contribution >= 0.6 is 15.6 Å². The van der Waals surface area contributed by atoms with Crippen molar-refractivity contribution in [2.45, 2.75) is 187 Å². The zero-order valence-corrected chi connectivity index (χ0v) is 38.6. The molecule has 0 rings (SSSR count). The van der Waals surface area contributed by atoms with Gasteiger partial charge in [-0.2, -0.15) is 0 Å². The van der Waals surface area contributed by atoms with Gasteiger partial charge in [0.25, 0.3) is 0 Å². The zero-order chi connectivity index (χ0) is 44.7. The molecule has 0 aromatic carbocycles. The molecule has 0 aliphatic heterocycles. The van der Waals surface area contributed by atoms with Gasteiger partial charge in [0.05, 0.1) is 25.9 Å². The molecule has 0 saturated heterocycles. The van der Waals surface area contributed by atoms with E-state index in [4.69, 9.17) is 23.8 Å². The van der Waals surface area contributed by atoms with Crippen molar-refractivity contribution < 1.29 is 66.7 Å². The van der Waals surface area contributed by atoms with Gasteiger partial charge in [-0.1, -0.05) is 140 Å². The summed E-state index contributed by atoms with van der Waals surface area (Å²) in [4.78, 5) is 52.7. The molecule has 0 aliphatic carbocycles. The first-order valence-corrected chi connectivity index (χ1v) is 25.2. The van der Waals surface area contributed by atoms with E-state index in [2.05, 4.69) is 59.4 Å². The van der Waals surface area contributed by atoms with Crippen molar-refractivity contribution in [3.05, 3.63) is 48.6 Å². The lowest BCUT2D eigenvalue weighted by atomic mass is 10.0. The van der Waals surface area contributed by atoms with Gasteiger partial charge in [-0.3, -0.25) is 23.2 Å². The number of phosphoric ester groups is 2. The fraction of sp³-hybridized carbons (Fsp3) is 0.773. The maximum absolute atomic E-state index is 12.6. The summed E-state index contributed by atoms with van der Waals surface area (Å²) < 4.78 is 47.7. The molecule has 0 aliphatic rings. The molecule has 0 heterocycles. The van der Waals surface area contributed by atoms with Crippen molar-refractivity contribution in [1.29, 1.82) is 0 Å². The summed E-state index contributed by atoms with van der Waals surface area (Å²) in [6.07, 6.45) is 35.3. The molecule has 5 N–H and O–H groups in total. The molecule has 16 heteroatoms. The Balaban J connectivity index is 4.60. The second-order valence-corrected chi connectivity index (χ2v) is 18.4. The van der Waals surface area contributed by atoms with Crippen LogP contribution in [0.15, 0.2) is 48.6 Å². The Kier molecular flexibility index (Phi) is 37.4. The molecule has 0 spiro atoms. The first kappa shape index (κ1) is 58.0. The van der Waals surface area contributed by atoms with E-state index < -0.39 is 66.2 Å². The maximum Gasteiger partial charge on any atom is 0.472 e. The van der Waals surface area contributed by atoms with Crippen LogP contribution in [0.2, 0.25) is 0 Å². The lowest BCUT2D eigenvalue weighted by molar-refractivity contribution is -0.161. The highest BCUT2D eigenvalue weighted by atomic mass is 31.2. The number of phosphoric acid groups is 2. The summed E-state index contributed by atoms with van der Waals surface area (Å²) >= 11 is 0. The number of aliphatic hydroxyl groups excluding tert-OH is 2. The molecule has 0 fully saturated rings. The van der Waals surface area contributed by atoms with Gasteiger partial charge in [0, 0.05) is 12.8 Å². The van der Waals surface area contributed by atoms with Gasteiger partial charge in [-0.25, -0.2) is 9.13 Å². The Bertz CT molecular complexity index is 1280. The Morgan fingerprint density at radius 2 is 0.967 bits per heavy atom. The van der Waals surface area contributed by atoms with Crippen LogP contribution in [0.25, 0.3) is 0 Å². The number of rotatable bonds is 41. The largest absolute Gasteiger partial charge is 0.472 e. The Morgan fingerprint density at radius 3 is 1.48 bits per heavy atom. The summed E-state index contributed by atoms with van der Waals surface area (Å²) in [7, 11) is -9.70. The van der Waals surface area contributed by atoms with Crippen molar-refractivity contribution in [3.63, 3.8) is 0 Å². The number of esters is 2. The Morgan fingerprint density at radius 1 is 0.517 bits per heavy atom. The van der Waals surface area contributed by atoms with Gasteiger partial charge in [-0.15, -0.1) is 0 Å². The second-order valence-electron chi connectivity index (χ2n) is 15.7. The average Bonchev–Trinajstić information content (AvgIpc) is 3.18.